The lowest BCUT2D eigenvalue weighted by Crippen LogP contribution is -2.39. The predicted octanol–water partition coefficient (Wildman–Crippen LogP) is 1.53. The fraction of sp³-hybridized carbons (Fsp3) is 0.300. The van der Waals surface area contributed by atoms with E-state index in [2.05, 4.69) is 5.32 Å². The van der Waals surface area contributed by atoms with Gasteiger partial charge in [0.2, 0.25) is 5.91 Å². The molecule has 3 nitrogen and oxygen atoms in total. The van der Waals surface area contributed by atoms with Gasteiger partial charge in [0, 0.05) is 5.02 Å². The number of ether oxygens (including phenoxy) is 1. The standard InChI is InChI=1S/C10H10ClNO2/c11-8-3-1-7(2-4-8)9-5-14-6-10(13)12-9/h1-4,9H,5-6H2,(H,12,13)/t9-/m1/s1. The summed E-state index contributed by atoms with van der Waals surface area (Å²) in [5, 5.41) is 3.54. The van der Waals surface area contributed by atoms with Crippen LogP contribution >= 0.6 is 11.6 Å². The molecule has 0 unspecified atom stereocenters. The summed E-state index contributed by atoms with van der Waals surface area (Å²) in [5.41, 5.74) is 1.02. The smallest absolute Gasteiger partial charge is 0.246 e. The Labute approximate surface area is 87.0 Å². The monoisotopic (exact) mass is 211 g/mol. The van der Waals surface area contributed by atoms with Gasteiger partial charge in [0.15, 0.2) is 0 Å². The van der Waals surface area contributed by atoms with Gasteiger partial charge in [-0.25, -0.2) is 0 Å². The Morgan fingerprint density at radius 1 is 1.36 bits per heavy atom. The van der Waals surface area contributed by atoms with E-state index in [1.165, 1.54) is 0 Å². The van der Waals surface area contributed by atoms with Crippen LogP contribution in [-0.2, 0) is 9.53 Å². The van der Waals surface area contributed by atoms with Crippen LogP contribution in [0.4, 0.5) is 0 Å². The molecule has 1 aliphatic rings. The third kappa shape index (κ3) is 2.05. The van der Waals surface area contributed by atoms with E-state index in [1.54, 1.807) is 12.1 Å². The highest BCUT2D eigenvalue weighted by Crippen LogP contribution is 2.18. The largest absolute Gasteiger partial charge is 0.369 e. The minimum Gasteiger partial charge on any atom is -0.369 e. The number of hydrogen-bond donors (Lipinski definition) is 1. The summed E-state index contributed by atoms with van der Waals surface area (Å²) >= 11 is 5.76. The van der Waals surface area contributed by atoms with E-state index in [4.69, 9.17) is 16.3 Å². The molecule has 0 aliphatic carbocycles. The highest BCUT2D eigenvalue weighted by atomic mass is 35.5. The van der Waals surface area contributed by atoms with Gasteiger partial charge >= 0.3 is 0 Å². The Bertz CT molecular complexity index is 336. The van der Waals surface area contributed by atoms with E-state index in [-0.39, 0.29) is 18.6 Å². The van der Waals surface area contributed by atoms with Gasteiger partial charge in [-0.05, 0) is 17.7 Å². The average molecular weight is 212 g/mol. The van der Waals surface area contributed by atoms with Crippen molar-refractivity contribution >= 4 is 17.5 Å². The van der Waals surface area contributed by atoms with Crippen LogP contribution in [0.5, 0.6) is 0 Å². The van der Waals surface area contributed by atoms with Crippen LogP contribution in [0.2, 0.25) is 5.02 Å². The van der Waals surface area contributed by atoms with Crippen LogP contribution < -0.4 is 5.32 Å². The van der Waals surface area contributed by atoms with Crippen LogP contribution in [0.3, 0.4) is 0 Å². The first kappa shape index (κ1) is 9.49. The molecule has 4 heteroatoms. The molecule has 0 aromatic heterocycles. The summed E-state index contributed by atoms with van der Waals surface area (Å²) in [6.45, 7) is 0.678. The topological polar surface area (TPSA) is 38.3 Å². The number of morpholine rings is 1. The molecule has 1 amide bonds. The third-order valence-electron chi connectivity index (χ3n) is 2.13. The van der Waals surface area contributed by atoms with E-state index in [0.717, 1.165) is 5.56 Å². The Hall–Kier alpha value is -1.06. The molecule has 0 bridgehead atoms. The zero-order chi connectivity index (χ0) is 9.97. The molecular formula is C10H10ClNO2. The summed E-state index contributed by atoms with van der Waals surface area (Å²) in [7, 11) is 0. The molecule has 1 fully saturated rings. The lowest BCUT2D eigenvalue weighted by atomic mass is 10.1. The molecule has 1 aromatic carbocycles. The van der Waals surface area contributed by atoms with E-state index in [9.17, 15) is 4.79 Å². The normalized spacial score (nSPS) is 21.8. The van der Waals surface area contributed by atoms with Crippen LogP contribution in [0.15, 0.2) is 24.3 Å². The number of carbonyl (C=O) groups is 1. The highest BCUT2D eigenvalue weighted by Gasteiger charge is 2.19. The molecule has 1 heterocycles. The molecule has 1 saturated heterocycles. The second kappa shape index (κ2) is 3.98. The summed E-state index contributed by atoms with van der Waals surface area (Å²) in [4.78, 5) is 11.1. The van der Waals surface area contributed by atoms with Crippen LogP contribution in [-0.4, -0.2) is 19.1 Å². The van der Waals surface area contributed by atoms with Gasteiger partial charge in [0.25, 0.3) is 0 Å². The second-order valence-corrected chi connectivity index (χ2v) is 3.62. The zero-order valence-corrected chi connectivity index (χ0v) is 8.25. The molecule has 1 atom stereocenters. The first-order valence-electron chi connectivity index (χ1n) is 4.38. The van der Waals surface area contributed by atoms with Crippen molar-refractivity contribution in [3.05, 3.63) is 34.9 Å². The van der Waals surface area contributed by atoms with Crippen molar-refractivity contribution in [3.63, 3.8) is 0 Å². The maximum atomic E-state index is 11.1. The summed E-state index contributed by atoms with van der Waals surface area (Å²) < 4.78 is 5.13. The fourth-order valence-electron chi connectivity index (χ4n) is 1.42. The minimum atomic E-state index is -0.0730. The predicted molar refractivity (Wildman–Crippen MR) is 53.2 cm³/mol. The average Bonchev–Trinajstić information content (AvgIpc) is 2.19. The quantitative estimate of drug-likeness (QED) is 0.765. The summed E-state index contributed by atoms with van der Waals surface area (Å²) in [6.07, 6.45) is 0. The first-order valence-corrected chi connectivity index (χ1v) is 4.76. The molecule has 0 radical (unpaired) electrons. The molecule has 2 rings (SSSR count). The molecule has 1 N–H and O–H groups in total. The van der Waals surface area contributed by atoms with Crippen LogP contribution in [0.1, 0.15) is 11.6 Å². The number of halogens is 1. The van der Waals surface area contributed by atoms with Gasteiger partial charge in [-0.1, -0.05) is 23.7 Å². The number of carbonyl (C=O) groups excluding carboxylic acids is 1. The van der Waals surface area contributed by atoms with E-state index in [1.807, 2.05) is 12.1 Å². The van der Waals surface area contributed by atoms with Gasteiger partial charge < -0.3 is 10.1 Å². The van der Waals surface area contributed by atoms with E-state index < -0.39 is 0 Å². The molecule has 14 heavy (non-hydrogen) atoms. The molecule has 1 aromatic rings. The van der Waals surface area contributed by atoms with Gasteiger partial charge in [-0.3, -0.25) is 4.79 Å². The van der Waals surface area contributed by atoms with Gasteiger partial charge in [0.05, 0.1) is 12.6 Å². The van der Waals surface area contributed by atoms with Gasteiger partial charge in [-0.2, -0.15) is 0 Å². The Kier molecular flexibility index (Phi) is 2.70. The third-order valence-corrected chi connectivity index (χ3v) is 2.38. The lowest BCUT2D eigenvalue weighted by Gasteiger charge is -2.23. The van der Waals surface area contributed by atoms with Crippen molar-refractivity contribution < 1.29 is 9.53 Å². The van der Waals surface area contributed by atoms with Crippen molar-refractivity contribution in [1.82, 2.24) is 5.32 Å². The molecule has 1 aliphatic heterocycles. The first-order chi connectivity index (χ1) is 6.75. The van der Waals surface area contributed by atoms with Crippen molar-refractivity contribution in [2.75, 3.05) is 13.2 Å². The van der Waals surface area contributed by atoms with E-state index >= 15 is 0 Å². The number of rotatable bonds is 1. The van der Waals surface area contributed by atoms with Crippen molar-refractivity contribution in [3.8, 4) is 0 Å². The van der Waals surface area contributed by atoms with Crippen LogP contribution in [0, 0.1) is 0 Å². The van der Waals surface area contributed by atoms with Gasteiger partial charge in [0.1, 0.15) is 6.61 Å². The lowest BCUT2D eigenvalue weighted by molar-refractivity contribution is -0.131. The number of benzene rings is 1. The second-order valence-electron chi connectivity index (χ2n) is 3.19. The van der Waals surface area contributed by atoms with E-state index in [0.29, 0.717) is 11.6 Å². The zero-order valence-electron chi connectivity index (χ0n) is 7.50. The maximum absolute atomic E-state index is 11.1. The molecular weight excluding hydrogens is 202 g/mol. The Morgan fingerprint density at radius 2 is 2.07 bits per heavy atom. The SMILES string of the molecule is O=C1COC[C@H](c2ccc(Cl)cc2)N1. The molecule has 0 saturated carbocycles. The minimum absolute atomic E-state index is 0.0477. The van der Waals surface area contributed by atoms with Crippen LogP contribution in [0.25, 0.3) is 0 Å². The number of hydrogen-bond acceptors (Lipinski definition) is 2. The summed E-state index contributed by atoms with van der Waals surface area (Å²) in [5.74, 6) is -0.0730. The molecule has 0 spiro atoms. The Balaban J connectivity index is 2.14. The fourth-order valence-corrected chi connectivity index (χ4v) is 1.55. The summed E-state index contributed by atoms with van der Waals surface area (Å²) in [6, 6.07) is 7.34. The highest BCUT2D eigenvalue weighted by molar-refractivity contribution is 6.30. The number of amides is 1. The van der Waals surface area contributed by atoms with Crippen molar-refractivity contribution in [1.29, 1.82) is 0 Å². The van der Waals surface area contributed by atoms with Gasteiger partial charge in [-0.15, -0.1) is 0 Å². The number of nitrogens with one attached hydrogen (secondary N) is 1. The Morgan fingerprint density at radius 3 is 2.71 bits per heavy atom. The van der Waals surface area contributed by atoms with Crippen molar-refractivity contribution in [2.24, 2.45) is 0 Å². The molecule has 74 valence electrons. The maximum Gasteiger partial charge on any atom is 0.246 e. The van der Waals surface area contributed by atoms with Crippen molar-refractivity contribution in [2.45, 2.75) is 6.04 Å².